The van der Waals surface area contributed by atoms with Crippen LogP contribution in [0.15, 0.2) is 66.7 Å². The van der Waals surface area contributed by atoms with Crippen molar-refractivity contribution in [2.24, 2.45) is 0 Å². The van der Waals surface area contributed by atoms with E-state index in [1.54, 1.807) is 4.90 Å². The van der Waals surface area contributed by atoms with Crippen LogP contribution in [-0.2, 0) is 11.3 Å². The van der Waals surface area contributed by atoms with Gasteiger partial charge in [-0.3, -0.25) is 9.69 Å². The van der Waals surface area contributed by atoms with Gasteiger partial charge in [0, 0.05) is 5.39 Å². The normalized spacial score (nSPS) is 10.4. The van der Waals surface area contributed by atoms with Gasteiger partial charge in [-0.2, -0.15) is 0 Å². The fourth-order valence-electron chi connectivity index (χ4n) is 2.17. The molecule has 3 nitrogen and oxygen atoms in total. The van der Waals surface area contributed by atoms with Gasteiger partial charge in [-0.1, -0.05) is 48.5 Å². The van der Waals surface area contributed by atoms with Crippen molar-refractivity contribution in [2.75, 3.05) is 4.90 Å². The van der Waals surface area contributed by atoms with Gasteiger partial charge >= 0.3 is 0 Å². The molecule has 0 fully saturated rings. The highest BCUT2D eigenvalue weighted by Gasteiger charge is 2.08. The van der Waals surface area contributed by atoms with Crippen molar-refractivity contribution in [3.63, 3.8) is 0 Å². The van der Waals surface area contributed by atoms with Gasteiger partial charge in [-0.05, 0) is 23.8 Å². The summed E-state index contributed by atoms with van der Waals surface area (Å²) in [5.74, 6) is 0.669. The van der Waals surface area contributed by atoms with Gasteiger partial charge in [-0.15, -0.1) is 0 Å². The molecule has 0 spiro atoms. The molecular weight excluding hydrogens is 248 g/mol. The van der Waals surface area contributed by atoms with Crippen LogP contribution in [0.1, 0.15) is 5.56 Å². The maximum Gasteiger partial charge on any atom is 0.215 e. The van der Waals surface area contributed by atoms with Crippen molar-refractivity contribution < 1.29 is 4.79 Å². The highest BCUT2D eigenvalue weighted by molar-refractivity contribution is 5.83. The Bertz CT molecular complexity index is 725. The number of anilines is 1. The lowest BCUT2D eigenvalue weighted by Gasteiger charge is -2.16. The molecule has 0 saturated heterocycles. The Hall–Kier alpha value is -2.68. The van der Waals surface area contributed by atoms with E-state index in [9.17, 15) is 4.79 Å². The molecule has 0 aliphatic heterocycles. The molecule has 3 rings (SSSR count). The molecule has 1 aromatic heterocycles. The molecule has 0 radical (unpaired) electrons. The fraction of sp³-hybridized carbons (Fsp3) is 0.0588. The Balaban J connectivity index is 1.93. The number of amides is 1. The number of pyridine rings is 1. The average Bonchev–Trinajstić information content (AvgIpc) is 2.53. The number of aromatic nitrogens is 1. The number of para-hydroxylation sites is 1. The van der Waals surface area contributed by atoms with Gasteiger partial charge in [0.05, 0.1) is 12.1 Å². The maximum absolute atomic E-state index is 11.3. The zero-order valence-electron chi connectivity index (χ0n) is 10.9. The van der Waals surface area contributed by atoms with Gasteiger partial charge in [-0.25, -0.2) is 4.98 Å². The molecule has 0 aliphatic rings. The molecule has 0 saturated carbocycles. The number of benzene rings is 2. The van der Waals surface area contributed by atoms with Crippen molar-refractivity contribution in [3.05, 3.63) is 72.3 Å². The Morgan fingerprint density at radius 3 is 2.45 bits per heavy atom. The number of rotatable bonds is 4. The summed E-state index contributed by atoms with van der Waals surface area (Å²) in [6, 6.07) is 21.6. The number of carbonyl (C=O) groups excluding carboxylic acids is 1. The van der Waals surface area contributed by atoms with Crippen LogP contribution < -0.4 is 4.90 Å². The first-order valence-electron chi connectivity index (χ1n) is 6.48. The smallest absolute Gasteiger partial charge is 0.215 e. The van der Waals surface area contributed by atoms with E-state index < -0.39 is 0 Å². The quantitative estimate of drug-likeness (QED) is 0.675. The van der Waals surface area contributed by atoms with Crippen molar-refractivity contribution >= 4 is 23.1 Å². The highest BCUT2D eigenvalue weighted by Crippen LogP contribution is 2.18. The topological polar surface area (TPSA) is 33.2 Å². The maximum atomic E-state index is 11.3. The predicted octanol–water partition coefficient (Wildman–Crippen LogP) is 3.40. The monoisotopic (exact) mass is 262 g/mol. The second-order valence-electron chi connectivity index (χ2n) is 4.58. The van der Waals surface area contributed by atoms with E-state index in [1.165, 1.54) is 0 Å². The second-order valence-corrected chi connectivity index (χ2v) is 4.58. The number of hydrogen-bond acceptors (Lipinski definition) is 2. The SMILES string of the molecule is O=CN(Cc1ccccc1)c1ccc2ccccc2n1. The summed E-state index contributed by atoms with van der Waals surface area (Å²) in [6.07, 6.45) is 0.824. The van der Waals surface area contributed by atoms with Crippen LogP contribution in [0.4, 0.5) is 5.82 Å². The first kappa shape index (κ1) is 12.4. The average molecular weight is 262 g/mol. The van der Waals surface area contributed by atoms with E-state index in [-0.39, 0.29) is 0 Å². The van der Waals surface area contributed by atoms with E-state index in [0.717, 1.165) is 22.9 Å². The van der Waals surface area contributed by atoms with Crippen LogP contribution in [0.25, 0.3) is 10.9 Å². The van der Waals surface area contributed by atoms with Crippen LogP contribution in [0.2, 0.25) is 0 Å². The van der Waals surface area contributed by atoms with Crippen molar-refractivity contribution in [3.8, 4) is 0 Å². The zero-order chi connectivity index (χ0) is 13.8. The first-order valence-corrected chi connectivity index (χ1v) is 6.48. The van der Waals surface area contributed by atoms with Gasteiger partial charge < -0.3 is 0 Å². The fourth-order valence-corrected chi connectivity index (χ4v) is 2.17. The third-order valence-corrected chi connectivity index (χ3v) is 3.20. The molecule has 20 heavy (non-hydrogen) atoms. The predicted molar refractivity (Wildman–Crippen MR) is 80.4 cm³/mol. The summed E-state index contributed by atoms with van der Waals surface area (Å²) in [7, 11) is 0. The summed E-state index contributed by atoms with van der Waals surface area (Å²) >= 11 is 0. The van der Waals surface area contributed by atoms with Crippen LogP contribution >= 0.6 is 0 Å². The molecule has 1 amide bonds. The second kappa shape index (κ2) is 5.53. The Labute approximate surface area is 117 Å². The molecule has 0 aliphatic carbocycles. The molecule has 0 atom stereocenters. The molecule has 0 unspecified atom stereocenters. The van der Waals surface area contributed by atoms with Gasteiger partial charge in [0.15, 0.2) is 0 Å². The lowest BCUT2D eigenvalue weighted by molar-refractivity contribution is -0.107. The van der Waals surface area contributed by atoms with E-state index in [2.05, 4.69) is 4.98 Å². The number of fused-ring (bicyclic) bond motifs is 1. The number of nitrogens with zero attached hydrogens (tertiary/aromatic N) is 2. The van der Waals surface area contributed by atoms with Crippen molar-refractivity contribution in [1.29, 1.82) is 0 Å². The van der Waals surface area contributed by atoms with Crippen LogP contribution in [0.5, 0.6) is 0 Å². The lowest BCUT2D eigenvalue weighted by atomic mass is 10.2. The molecule has 98 valence electrons. The van der Waals surface area contributed by atoms with Crippen LogP contribution in [0, 0.1) is 0 Å². The van der Waals surface area contributed by atoms with Crippen LogP contribution in [0.3, 0.4) is 0 Å². The molecular formula is C17H14N2O. The number of hydrogen-bond donors (Lipinski definition) is 0. The summed E-state index contributed by atoms with van der Waals surface area (Å²) in [5.41, 5.74) is 1.97. The Kier molecular flexibility index (Phi) is 3.42. The summed E-state index contributed by atoms with van der Waals surface area (Å²) in [5, 5.41) is 1.07. The Morgan fingerprint density at radius 1 is 0.900 bits per heavy atom. The van der Waals surface area contributed by atoms with E-state index >= 15 is 0 Å². The van der Waals surface area contributed by atoms with Gasteiger partial charge in [0.2, 0.25) is 6.41 Å². The minimum Gasteiger partial charge on any atom is -0.295 e. The molecule has 0 N–H and O–H groups in total. The first-order chi connectivity index (χ1) is 9.86. The molecule has 3 aromatic rings. The molecule has 3 heteroatoms. The Morgan fingerprint density at radius 2 is 1.65 bits per heavy atom. The molecule has 1 heterocycles. The third-order valence-electron chi connectivity index (χ3n) is 3.20. The highest BCUT2D eigenvalue weighted by atomic mass is 16.1. The third kappa shape index (κ3) is 2.52. The largest absolute Gasteiger partial charge is 0.295 e. The molecule has 2 aromatic carbocycles. The zero-order valence-corrected chi connectivity index (χ0v) is 10.9. The number of carbonyl (C=O) groups is 1. The molecule has 0 bridgehead atoms. The summed E-state index contributed by atoms with van der Waals surface area (Å²) in [4.78, 5) is 17.5. The van der Waals surface area contributed by atoms with Gasteiger partial charge in [0.1, 0.15) is 5.82 Å². The van der Waals surface area contributed by atoms with E-state index in [4.69, 9.17) is 0 Å². The lowest BCUT2D eigenvalue weighted by Crippen LogP contribution is -2.21. The van der Waals surface area contributed by atoms with Crippen LogP contribution in [-0.4, -0.2) is 11.4 Å². The van der Waals surface area contributed by atoms with E-state index in [0.29, 0.717) is 12.4 Å². The van der Waals surface area contributed by atoms with Crippen molar-refractivity contribution in [2.45, 2.75) is 6.54 Å². The minimum absolute atomic E-state index is 0.523. The van der Waals surface area contributed by atoms with Crippen molar-refractivity contribution in [1.82, 2.24) is 4.98 Å². The summed E-state index contributed by atoms with van der Waals surface area (Å²) < 4.78 is 0. The van der Waals surface area contributed by atoms with Gasteiger partial charge in [0.25, 0.3) is 0 Å². The minimum atomic E-state index is 0.523. The standard InChI is InChI=1S/C17H14N2O/c20-13-19(12-14-6-2-1-3-7-14)17-11-10-15-8-4-5-9-16(15)18-17/h1-11,13H,12H2. The summed E-state index contributed by atoms with van der Waals surface area (Å²) in [6.45, 7) is 0.523. The van der Waals surface area contributed by atoms with E-state index in [1.807, 2.05) is 66.7 Å².